The number of hydrogen-bond donors (Lipinski definition) is 0. The van der Waals surface area contributed by atoms with Crippen molar-refractivity contribution in [3.8, 4) is 0 Å². The van der Waals surface area contributed by atoms with Crippen LogP contribution < -0.4 is 0 Å². The van der Waals surface area contributed by atoms with Crippen molar-refractivity contribution in [1.29, 1.82) is 0 Å². The van der Waals surface area contributed by atoms with Gasteiger partial charge >= 0.3 is 0 Å². The molecule has 1 amide bonds. The summed E-state index contributed by atoms with van der Waals surface area (Å²) in [6.07, 6.45) is 0.813. The van der Waals surface area contributed by atoms with E-state index in [4.69, 9.17) is 28.2 Å². The van der Waals surface area contributed by atoms with Crippen LogP contribution in [0.25, 0.3) is 11.0 Å². The average molecular weight is 402 g/mol. The minimum atomic E-state index is -0.0366. The summed E-state index contributed by atoms with van der Waals surface area (Å²) in [4.78, 5) is 19.4. The standard InChI is InChI=1S/C21H21Cl2N3O/c1-3-26-18-10-5-4-9-17(18)24-19(26)12-25(2)21(27)15-11-14(15)13-7-6-8-16(22)20(13)23/h4-10,14-15H,3,11-12H2,1-2H3. The van der Waals surface area contributed by atoms with Crippen molar-refractivity contribution < 1.29 is 4.79 Å². The Morgan fingerprint density at radius 3 is 2.78 bits per heavy atom. The van der Waals surface area contributed by atoms with E-state index in [1.165, 1.54) is 0 Å². The van der Waals surface area contributed by atoms with Crippen molar-refractivity contribution in [2.75, 3.05) is 7.05 Å². The Hall–Kier alpha value is -2.04. The van der Waals surface area contributed by atoms with Crippen LogP contribution in [0.5, 0.6) is 0 Å². The Balaban J connectivity index is 1.50. The zero-order valence-electron chi connectivity index (χ0n) is 15.3. The maximum absolute atomic E-state index is 12.9. The molecule has 2 unspecified atom stereocenters. The monoisotopic (exact) mass is 401 g/mol. The maximum atomic E-state index is 12.9. The number of carbonyl (C=O) groups is 1. The maximum Gasteiger partial charge on any atom is 0.226 e. The van der Waals surface area contributed by atoms with E-state index in [1.807, 2.05) is 37.4 Å². The average Bonchev–Trinajstić information content (AvgIpc) is 3.37. The zero-order chi connectivity index (χ0) is 19.1. The summed E-state index contributed by atoms with van der Waals surface area (Å²) in [6, 6.07) is 13.7. The van der Waals surface area contributed by atoms with E-state index in [-0.39, 0.29) is 17.7 Å². The van der Waals surface area contributed by atoms with E-state index in [2.05, 4.69) is 17.6 Å². The van der Waals surface area contributed by atoms with E-state index in [1.54, 1.807) is 11.0 Å². The van der Waals surface area contributed by atoms with Gasteiger partial charge in [0.25, 0.3) is 0 Å². The number of aromatic nitrogens is 2. The molecule has 140 valence electrons. The van der Waals surface area contributed by atoms with Gasteiger partial charge in [0.2, 0.25) is 5.91 Å². The van der Waals surface area contributed by atoms with Gasteiger partial charge in [-0.1, -0.05) is 47.5 Å². The lowest BCUT2D eigenvalue weighted by molar-refractivity contribution is -0.132. The van der Waals surface area contributed by atoms with E-state index in [9.17, 15) is 4.79 Å². The van der Waals surface area contributed by atoms with E-state index >= 15 is 0 Å². The van der Waals surface area contributed by atoms with Crippen LogP contribution in [-0.2, 0) is 17.9 Å². The highest BCUT2D eigenvalue weighted by atomic mass is 35.5. The highest BCUT2D eigenvalue weighted by molar-refractivity contribution is 6.42. The number of hydrogen-bond acceptors (Lipinski definition) is 2. The first kappa shape index (κ1) is 18.3. The molecule has 4 rings (SSSR count). The molecule has 0 saturated heterocycles. The van der Waals surface area contributed by atoms with Crippen LogP contribution in [0, 0.1) is 5.92 Å². The molecule has 1 fully saturated rings. The number of fused-ring (bicyclic) bond motifs is 1. The predicted octanol–water partition coefficient (Wildman–Crippen LogP) is 5.13. The fourth-order valence-electron chi connectivity index (χ4n) is 3.79. The van der Waals surface area contributed by atoms with Crippen LogP contribution in [0.4, 0.5) is 0 Å². The second kappa shape index (κ2) is 7.17. The Labute approximate surface area is 168 Å². The van der Waals surface area contributed by atoms with E-state index in [0.29, 0.717) is 16.6 Å². The Bertz CT molecular complexity index is 1010. The Kier molecular flexibility index (Phi) is 4.87. The molecule has 2 atom stereocenters. The zero-order valence-corrected chi connectivity index (χ0v) is 16.8. The number of rotatable bonds is 5. The van der Waals surface area contributed by atoms with Crippen LogP contribution in [-0.4, -0.2) is 27.4 Å². The highest BCUT2D eigenvalue weighted by Gasteiger charge is 2.46. The lowest BCUT2D eigenvalue weighted by Gasteiger charge is -2.18. The van der Waals surface area contributed by atoms with Crippen molar-refractivity contribution >= 4 is 40.1 Å². The lowest BCUT2D eigenvalue weighted by Crippen LogP contribution is -2.29. The van der Waals surface area contributed by atoms with Gasteiger partial charge in [0, 0.05) is 19.5 Å². The quantitative estimate of drug-likeness (QED) is 0.594. The summed E-state index contributed by atoms with van der Waals surface area (Å²) in [5, 5.41) is 1.10. The summed E-state index contributed by atoms with van der Waals surface area (Å²) < 4.78 is 2.16. The minimum absolute atomic E-state index is 0.0366. The van der Waals surface area contributed by atoms with Gasteiger partial charge in [-0.25, -0.2) is 4.98 Å². The summed E-state index contributed by atoms with van der Waals surface area (Å²) in [5.41, 5.74) is 3.03. The second-order valence-electron chi connectivity index (χ2n) is 7.05. The van der Waals surface area contributed by atoms with E-state index in [0.717, 1.165) is 35.4 Å². The molecule has 1 aliphatic carbocycles. The minimum Gasteiger partial charge on any atom is -0.338 e. The molecule has 0 N–H and O–H groups in total. The molecule has 0 bridgehead atoms. The first-order valence-corrected chi connectivity index (χ1v) is 9.89. The molecule has 4 nitrogen and oxygen atoms in total. The number of nitrogens with zero attached hydrogens (tertiary/aromatic N) is 3. The first-order valence-electron chi connectivity index (χ1n) is 9.14. The number of halogens is 2. The first-order chi connectivity index (χ1) is 13.0. The lowest BCUT2D eigenvalue weighted by atomic mass is 10.1. The molecule has 0 radical (unpaired) electrons. The van der Waals surface area contributed by atoms with E-state index < -0.39 is 0 Å². The summed E-state index contributed by atoms with van der Waals surface area (Å²) in [7, 11) is 1.84. The molecule has 3 aromatic rings. The number of carbonyl (C=O) groups excluding carboxylic acids is 1. The van der Waals surface area contributed by atoms with Gasteiger partial charge in [0.15, 0.2) is 0 Å². The third-order valence-corrected chi connectivity index (χ3v) is 6.13. The van der Waals surface area contributed by atoms with Gasteiger partial charge in [-0.05, 0) is 43.0 Å². The van der Waals surface area contributed by atoms with Crippen molar-refractivity contribution in [3.05, 3.63) is 63.9 Å². The van der Waals surface area contributed by atoms with Crippen LogP contribution in [0.15, 0.2) is 42.5 Å². The second-order valence-corrected chi connectivity index (χ2v) is 7.83. The summed E-state index contributed by atoms with van der Waals surface area (Å²) in [6.45, 7) is 3.41. The van der Waals surface area contributed by atoms with Gasteiger partial charge in [0.05, 0.1) is 27.6 Å². The molecule has 1 aromatic heterocycles. The molecule has 1 saturated carbocycles. The predicted molar refractivity (Wildman–Crippen MR) is 109 cm³/mol. The van der Waals surface area contributed by atoms with Crippen LogP contribution in [0.2, 0.25) is 10.0 Å². The number of aryl methyl sites for hydroxylation is 1. The molecule has 2 aromatic carbocycles. The van der Waals surface area contributed by atoms with Gasteiger partial charge in [0.1, 0.15) is 5.82 Å². The number of imidazole rings is 1. The molecule has 1 aliphatic rings. The van der Waals surface area contributed by atoms with Crippen molar-refractivity contribution in [1.82, 2.24) is 14.5 Å². The molecule has 0 spiro atoms. The molecular formula is C21H21Cl2N3O. The fourth-order valence-corrected chi connectivity index (χ4v) is 4.24. The molecule has 1 heterocycles. The third kappa shape index (κ3) is 3.32. The summed E-state index contributed by atoms with van der Waals surface area (Å²) in [5.74, 6) is 1.15. The molecule has 6 heteroatoms. The van der Waals surface area contributed by atoms with Gasteiger partial charge in [-0.2, -0.15) is 0 Å². The van der Waals surface area contributed by atoms with Crippen molar-refractivity contribution in [2.45, 2.75) is 32.4 Å². The number of amides is 1. The van der Waals surface area contributed by atoms with Gasteiger partial charge in [-0.15, -0.1) is 0 Å². The molecule has 0 aliphatic heterocycles. The third-order valence-electron chi connectivity index (χ3n) is 5.29. The highest BCUT2D eigenvalue weighted by Crippen LogP contribution is 2.51. The fraction of sp³-hybridized carbons (Fsp3) is 0.333. The Morgan fingerprint density at radius 2 is 2.00 bits per heavy atom. The normalized spacial score (nSPS) is 18.7. The van der Waals surface area contributed by atoms with Crippen LogP contribution in [0.3, 0.4) is 0 Å². The SMILES string of the molecule is CCn1c(CN(C)C(=O)C2CC2c2cccc(Cl)c2Cl)nc2ccccc21. The Morgan fingerprint density at radius 1 is 1.22 bits per heavy atom. The van der Waals surface area contributed by atoms with Gasteiger partial charge in [-0.3, -0.25) is 4.79 Å². The topological polar surface area (TPSA) is 38.1 Å². The van der Waals surface area contributed by atoms with Crippen LogP contribution >= 0.6 is 23.2 Å². The molecular weight excluding hydrogens is 381 g/mol. The van der Waals surface area contributed by atoms with Crippen LogP contribution in [0.1, 0.15) is 30.7 Å². The van der Waals surface area contributed by atoms with Crippen molar-refractivity contribution in [3.63, 3.8) is 0 Å². The molecule has 27 heavy (non-hydrogen) atoms. The van der Waals surface area contributed by atoms with Crippen molar-refractivity contribution in [2.24, 2.45) is 5.92 Å². The number of benzene rings is 2. The largest absolute Gasteiger partial charge is 0.338 e. The van der Waals surface area contributed by atoms with Gasteiger partial charge < -0.3 is 9.47 Å². The smallest absolute Gasteiger partial charge is 0.226 e. The summed E-state index contributed by atoms with van der Waals surface area (Å²) >= 11 is 12.4. The number of para-hydroxylation sites is 2.